The van der Waals surface area contributed by atoms with Gasteiger partial charge < -0.3 is 4.90 Å². The Morgan fingerprint density at radius 1 is 0.880 bits per heavy atom. The predicted molar refractivity (Wildman–Crippen MR) is 101 cm³/mol. The first-order chi connectivity index (χ1) is 12.1. The van der Waals surface area contributed by atoms with Crippen molar-refractivity contribution in [1.29, 1.82) is 0 Å². The molecule has 2 aliphatic rings. The van der Waals surface area contributed by atoms with Crippen LogP contribution in [0, 0.1) is 25.7 Å². The fraction of sp³-hybridized carbons (Fsp3) is 0.409. The van der Waals surface area contributed by atoms with Gasteiger partial charge in [-0.1, -0.05) is 48.5 Å². The van der Waals surface area contributed by atoms with Gasteiger partial charge in [0.15, 0.2) is 0 Å². The molecule has 0 radical (unpaired) electrons. The largest absolute Gasteiger partial charge is 0.338 e. The van der Waals surface area contributed by atoms with Gasteiger partial charge in [0.05, 0.1) is 0 Å². The first kappa shape index (κ1) is 16.3. The molecule has 2 fully saturated rings. The van der Waals surface area contributed by atoms with Crippen molar-refractivity contribution in [2.45, 2.75) is 20.4 Å². The number of carbonyl (C=O) groups is 1. The van der Waals surface area contributed by atoms with Crippen LogP contribution in [0.3, 0.4) is 0 Å². The smallest absolute Gasteiger partial charge is 0.254 e. The highest BCUT2D eigenvalue weighted by molar-refractivity contribution is 5.97. The number of fused-ring (bicyclic) bond motifs is 1. The summed E-state index contributed by atoms with van der Waals surface area (Å²) in [5.41, 5.74) is 4.47. The molecule has 130 valence electrons. The van der Waals surface area contributed by atoms with Crippen LogP contribution in [-0.2, 0) is 6.54 Å². The van der Waals surface area contributed by atoms with Crippen molar-refractivity contribution in [3.8, 4) is 0 Å². The molecule has 0 bridgehead atoms. The van der Waals surface area contributed by atoms with Crippen LogP contribution in [0.2, 0.25) is 0 Å². The van der Waals surface area contributed by atoms with Crippen LogP contribution >= 0.6 is 0 Å². The Labute approximate surface area is 150 Å². The number of likely N-dealkylation sites (tertiary alicyclic amines) is 2. The van der Waals surface area contributed by atoms with E-state index >= 15 is 0 Å². The first-order valence-electron chi connectivity index (χ1n) is 9.23. The van der Waals surface area contributed by atoms with Gasteiger partial charge in [0.2, 0.25) is 0 Å². The monoisotopic (exact) mass is 334 g/mol. The van der Waals surface area contributed by atoms with Gasteiger partial charge in [-0.3, -0.25) is 9.69 Å². The lowest BCUT2D eigenvalue weighted by Crippen LogP contribution is -2.33. The van der Waals surface area contributed by atoms with E-state index in [1.807, 2.05) is 32.0 Å². The van der Waals surface area contributed by atoms with Crippen molar-refractivity contribution < 1.29 is 4.79 Å². The molecule has 0 aromatic heterocycles. The van der Waals surface area contributed by atoms with E-state index in [0.717, 1.165) is 49.4 Å². The molecule has 0 saturated carbocycles. The van der Waals surface area contributed by atoms with E-state index in [-0.39, 0.29) is 5.91 Å². The molecular weight excluding hydrogens is 308 g/mol. The second-order valence-electron chi connectivity index (χ2n) is 7.68. The summed E-state index contributed by atoms with van der Waals surface area (Å²) in [4.78, 5) is 17.6. The summed E-state index contributed by atoms with van der Waals surface area (Å²) in [5.74, 6) is 1.47. The third kappa shape index (κ3) is 3.21. The van der Waals surface area contributed by atoms with Crippen molar-refractivity contribution in [2.24, 2.45) is 11.8 Å². The molecule has 2 aliphatic heterocycles. The van der Waals surface area contributed by atoms with Crippen molar-refractivity contribution in [1.82, 2.24) is 9.80 Å². The van der Waals surface area contributed by atoms with E-state index in [4.69, 9.17) is 0 Å². The fourth-order valence-electron chi connectivity index (χ4n) is 4.54. The van der Waals surface area contributed by atoms with E-state index in [1.165, 1.54) is 5.56 Å². The first-order valence-corrected chi connectivity index (χ1v) is 9.23. The standard InChI is InChI=1S/C22H26N2O/c1-16-7-6-8-17(2)21(16)22(25)24-14-19-12-23(13-20(19)15-24)11-18-9-4-3-5-10-18/h3-10,19-20H,11-15H2,1-2H3. The summed E-state index contributed by atoms with van der Waals surface area (Å²) in [7, 11) is 0. The van der Waals surface area contributed by atoms with Crippen molar-refractivity contribution in [3.63, 3.8) is 0 Å². The lowest BCUT2D eigenvalue weighted by molar-refractivity contribution is 0.0772. The van der Waals surface area contributed by atoms with Crippen LogP contribution in [0.5, 0.6) is 0 Å². The molecule has 0 spiro atoms. The van der Waals surface area contributed by atoms with E-state index in [2.05, 4.69) is 40.1 Å². The summed E-state index contributed by atoms with van der Waals surface area (Å²) in [6, 6.07) is 16.8. The molecule has 3 nitrogen and oxygen atoms in total. The third-order valence-electron chi connectivity index (χ3n) is 5.79. The van der Waals surface area contributed by atoms with E-state index in [1.54, 1.807) is 0 Å². The molecule has 2 saturated heterocycles. The maximum atomic E-state index is 13.0. The average molecular weight is 334 g/mol. The Kier molecular flexibility index (Phi) is 4.34. The van der Waals surface area contributed by atoms with Gasteiger partial charge in [-0.25, -0.2) is 0 Å². The van der Waals surface area contributed by atoms with Crippen LogP contribution in [0.4, 0.5) is 0 Å². The molecule has 2 atom stereocenters. The molecule has 2 aromatic rings. The van der Waals surface area contributed by atoms with Crippen molar-refractivity contribution in [3.05, 3.63) is 70.8 Å². The summed E-state index contributed by atoms with van der Waals surface area (Å²) in [6.07, 6.45) is 0. The zero-order valence-corrected chi connectivity index (χ0v) is 15.1. The lowest BCUT2D eigenvalue weighted by Gasteiger charge is -2.23. The van der Waals surface area contributed by atoms with Crippen LogP contribution in [0.25, 0.3) is 0 Å². The molecule has 1 amide bonds. The van der Waals surface area contributed by atoms with E-state index < -0.39 is 0 Å². The van der Waals surface area contributed by atoms with Gasteiger partial charge in [0.1, 0.15) is 0 Å². The Balaban J connectivity index is 1.40. The fourth-order valence-corrected chi connectivity index (χ4v) is 4.54. The Morgan fingerprint density at radius 3 is 2.08 bits per heavy atom. The molecule has 3 heteroatoms. The van der Waals surface area contributed by atoms with Gasteiger partial charge in [-0.2, -0.15) is 0 Å². The zero-order valence-electron chi connectivity index (χ0n) is 15.1. The van der Waals surface area contributed by atoms with E-state index in [0.29, 0.717) is 11.8 Å². The number of carbonyl (C=O) groups excluding carboxylic acids is 1. The highest BCUT2D eigenvalue weighted by Crippen LogP contribution is 2.33. The number of rotatable bonds is 3. The zero-order chi connectivity index (χ0) is 17.4. The number of nitrogens with zero attached hydrogens (tertiary/aromatic N) is 2. The molecule has 0 N–H and O–H groups in total. The SMILES string of the molecule is Cc1cccc(C)c1C(=O)N1CC2CN(Cc3ccccc3)CC2C1. The van der Waals surface area contributed by atoms with Crippen LogP contribution in [0.1, 0.15) is 27.0 Å². The number of amides is 1. The molecule has 2 unspecified atom stereocenters. The maximum absolute atomic E-state index is 13.0. The highest BCUT2D eigenvalue weighted by atomic mass is 16.2. The number of benzene rings is 2. The highest BCUT2D eigenvalue weighted by Gasteiger charge is 2.41. The predicted octanol–water partition coefficient (Wildman–Crippen LogP) is 3.51. The molecular formula is C22H26N2O. The second-order valence-corrected chi connectivity index (χ2v) is 7.68. The molecule has 25 heavy (non-hydrogen) atoms. The number of aryl methyl sites for hydroxylation is 2. The summed E-state index contributed by atoms with van der Waals surface area (Å²) < 4.78 is 0. The molecule has 2 heterocycles. The minimum absolute atomic E-state index is 0.222. The lowest BCUT2D eigenvalue weighted by atomic mass is 10.0. The Morgan fingerprint density at radius 2 is 1.48 bits per heavy atom. The van der Waals surface area contributed by atoms with Gasteiger partial charge in [0.25, 0.3) is 5.91 Å². The topological polar surface area (TPSA) is 23.6 Å². The molecule has 2 aromatic carbocycles. The Hall–Kier alpha value is -2.13. The van der Waals surface area contributed by atoms with E-state index in [9.17, 15) is 4.79 Å². The minimum atomic E-state index is 0.222. The normalized spacial score (nSPS) is 23.0. The van der Waals surface area contributed by atoms with Crippen molar-refractivity contribution in [2.75, 3.05) is 26.2 Å². The average Bonchev–Trinajstić information content (AvgIpc) is 3.14. The second kappa shape index (κ2) is 6.64. The minimum Gasteiger partial charge on any atom is -0.338 e. The maximum Gasteiger partial charge on any atom is 0.254 e. The molecule has 0 aliphatic carbocycles. The number of hydrogen-bond acceptors (Lipinski definition) is 2. The quantitative estimate of drug-likeness (QED) is 0.857. The van der Waals surface area contributed by atoms with Crippen LogP contribution in [0.15, 0.2) is 48.5 Å². The van der Waals surface area contributed by atoms with Gasteiger partial charge in [-0.15, -0.1) is 0 Å². The Bertz CT molecular complexity index is 737. The van der Waals surface area contributed by atoms with Gasteiger partial charge in [-0.05, 0) is 42.4 Å². The number of hydrogen-bond donors (Lipinski definition) is 0. The molecule has 4 rings (SSSR count). The van der Waals surface area contributed by atoms with Gasteiger partial charge >= 0.3 is 0 Å². The van der Waals surface area contributed by atoms with Crippen molar-refractivity contribution >= 4 is 5.91 Å². The summed E-state index contributed by atoms with van der Waals surface area (Å²) >= 11 is 0. The van der Waals surface area contributed by atoms with Crippen LogP contribution in [-0.4, -0.2) is 41.9 Å². The summed E-state index contributed by atoms with van der Waals surface area (Å²) in [5, 5.41) is 0. The van der Waals surface area contributed by atoms with Gasteiger partial charge in [0, 0.05) is 38.3 Å². The van der Waals surface area contributed by atoms with Crippen LogP contribution < -0.4 is 0 Å². The summed E-state index contributed by atoms with van der Waals surface area (Å²) in [6.45, 7) is 9.13. The third-order valence-corrected chi connectivity index (χ3v) is 5.79.